The van der Waals surface area contributed by atoms with E-state index in [1.54, 1.807) is 4.90 Å². The maximum Gasteiger partial charge on any atom is 0.411 e. The molecule has 0 radical (unpaired) electrons. The Bertz CT molecular complexity index is 167. The van der Waals surface area contributed by atoms with E-state index >= 15 is 0 Å². The first-order valence-electron chi connectivity index (χ1n) is 4.33. The average Bonchev–Trinajstić information content (AvgIpc) is 2.15. The topological polar surface area (TPSA) is 42.0 Å². The van der Waals surface area contributed by atoms with Crippen LogP contribution in [-0.4, -0.2) is 63.0 Å². The van der Waals surface area contributed by atoms with Crippen molar-refractivity contribution in [2.45, 2.75) is 0 Å². The molecule has 1 rings (SSSR count). The lowest BCUT2D eigenvalue weighted by Crippen LogP contribution is -2.47. The molecule has 0 aliphatic carbocycles. The number of hydrogen-bond acceptors (Lipinski definition) is 4. The minimum absolute atomic E-state index is 0.0329. The van der Waals surface area contributed by atoms with Gasteiger partial charge in [0.15, 0.2) is 6.79 Å². The van der Waals surface area contributed by atoms with Gasteiger partial charge in [0.1, 0.15) is 0 Å². The van der Waals surface area contributed by atoms with E-state index in [0.717, 1.165) is 26.2 Å². The fraction of sp³-hybridized carbons (Fsp3) is 0.875. The number of rotatable bonds is 2. The quantitative estimate of drug-likeness (QED) is 0.571. The first-order valence-corrected chi connectivity index (χ1v) is 4.33. The second-order valence-corrected chi connectivity index (χ2v) is 3.11. The van der Waals surface area contributed by atoms with E-state index in [1.807, 2.05) is 7.05 Å². The van der Waals surface area contributed by atoms with Crippen molar-refractivity contribution < 1.29 is 14.3 Å². The zero-order valence-electron chi connectivity index (χ0n) is 8.15. The molecule has 0 aromatic rings. The molecule has 1 saturated heterocycles. The molecule has 13 heavy (non-hydrogen) atoms. The van der Waals surface area contributed by atoms with Crippen LogP contribution in [0.25, 0.3) is 0 Å². The molecule has 1 aliphatic heterocycles. The van der Waals surface area contributed by atoms with Crippen LogP contribution < -0.4 is 0 Å². The minimum atomic E-state index is -0.282. The largest absolute Gasteiger partial charge is 0.422 e. The molecule has 5 nitrogen and oxygen atoms in total. The lowest BCUT2D eigenvalue weighted by Gasteiger charge is -2.31. The van der Waals surface area contributed by atoms with Crippen molar-refractivity contribution >= 4 is 6.09 Å². The molecule has 1 amide bonds. The Morgan fingerprint density at radius 1 is 1.31 bits per heavy atom. The van der Waals surface area contributed by atoms with E-state index in [1.165, 1.54) is 7.11 Å². The van der Waals surface area contributed by atoms with E-state index in [-0.39, 0.29) is 12.9 Å². The lowest BCUT2D eigenvalue weighted by atomic mass is 10.3. The molecule has 5 heteroatoms. The van der Waals surface area contributed by atoms with Gasteiger partial charge in [0.25, 0.3) is 0 Å². The van der Waals surface area contributed by atoms with E-state index in [9.17, 15) is 4.79 Å². The van der Waals surface area contributed by atoms with E-state index in [0.29, 0.717) is 0 Å². The Labute approximate surface area is 78.2 Å². The first-order chi connectivity index (χ1) is 6.24. The van der Waals surface area contributed by atoms with Crippen LogP contribution in [0.3, 0.4) is 0 Å². The van der Waals surface area contributed by atoms with Gasteiger partial charge in [0, 0.05) is 33.3 Å². The Morgan fingerprint density at radius 2 is 1.92 bits per heavy atom. The standard InChI is InChI=1S/C8H16N2O3/c1-9-3-5-10(6-4-9)8(11)13-7-12-2/h3-7H2,1-2H3. The van der Waals surface area contributed by atoms with Gasteiger partial charge in [0.05, 0.1) is 0 Å². The van der Waals surface area contributed by atoms with Crippen molar-refractivity contribution in [2.24, 2.45) is 0 Å². The van der Waals surface area contributed by atoms with Gasteiger partial charge in [-0.1, -0.05) is 0 Å². The Balaban J connectivity index is 2.23. The fourth-order valence-corrected chi connectivity index (χ4v) is 1.19. The Kier molecular flexibility index (Phi) is 3.98. The number of amides is 1. The molecule has 1 heterocycles. The smallest absolute Gasteiger partial charge is 0.411 e. The summed E-state index contributed by atoms with van der Waals surface area (Å²) in [6.07, 6.45) is -0.282. The second-order valence-electron chi connectivity index (χ2n) is 3.11. The average molecular weight is 188 g/mol. The summed E-state index contributed by atoms with van der Waals surface area (Å²) in [6, 6.07) is 0. The molecular formula is C8H16N2O3. The summed E-state index contributed by atoms with van der Waals surface area (Å²) in [4.78, 5) is 15.1. The molecule has 1 aliphatic rings. The second kappa shape index (κ2) is 5.04. The number of carbonyl (C=O) groups excluding carboxylic acids is 1. The van der Waals surface area contributed by atoms with Crippen LogP contribution in [0.1, 0.15) is 0 Å². The van der Waals surface area contributed by atoms with E-state index in [4.69, 9.17) is 4.74 Å². The molecule has 0 aromatic carbocycles. The SMILES string of the molecule is COCOC(=O)N1CCN(C)CC1. The zero-order valence-corrected chi connectivity index (χ0v) is 8.15. The number of ether oxygens (including phenoxy) is 2. The van der Waals surface area contributed by atoms with E-state index in [2.05, 4.69) is 9.64 Å². The first kappa shape index (κ1) is 10.3. The van der Waals surface area contributed by atoms with Crippen LogP contribution in [0.5, 0.6) is 0 Å². The number of nitrogens with zero attached hydrogens (tertiary/aromatic N) is 2. The van der Waals surface area contributed by atoms with Crippen LogP contribution >= 0.6 is 0 Å². The van der Waals surface area contributed by atoms with Crippen molar-refractivity contribution in [1.82, 2.24) is 9.80 Å². The van der Waals surface area contributed by atoms with Gasteiger partial charge >= 0.3 is 6.09 Å². The summed E-state index contributed by atoms with van der Waals surface area (Å²) in [6.45, 7) is 3.31. The molecule has 0 atom stereocenters. The predicted octanol–water partition coefficient (Wildman–Crippen LogP) is -0.0257. The summed E-state index contributed by atoms with van der Waals surface area (Å²) in [5, 5.41) is 0. The monoisotopic (exact) mass is 188 g/mol. The molecular weight excluding hydrogens is 172 g/mol. The summed E-state index contributed by atoms with van der Waals surface area (Å²) < 4.78 is 9.46. The third-order valence-corrected chi connectivity index (χ3v) is 2.06. The number of carbonyl (C=O) groups is 1. The van der Waals surface area contributed by atoms with Crippen molar-refractivity contribution in [1.29, 1.82) is 0 Å². The molecule has 0 saturated carbocycles. The number of methoxy groups -OCH3 is 1. The minimum Gasteiger partial charge on any atom is -0.422 e. The van der Waals surface area contributed by atoms with Gasteiger partial charge in [-0.05, 0) is 7.05 Å². The Hall–Kier alpha value is -0.810. The maximum absolute atomic E-state index is 11.3. The summed E-state index contributed by atoms with van der Waals surface area (Å²) >= 11 is 0. The summed E-state index contributed by atoms with van der Waals surface area (Å²) in [7, 11) is 3.54. The summed E-state index contributed by atoms with van der Waals surface area (Å²) in [5.41, 5.74) is 0. The van der Waals surface area contributed by atoms with Gasteiger partial charge in [-0.15, -0.1) is 0 Å². The van der Waals surface area contributed by atoms with E-state index < -0.39 is 0 Å². The molecule has 0 spiro atoms. The van der Waals surface area contributed by atoms with Crippen LogP contribution in [0.4, 0.5) is 4.79 Å². The zero-order chi connectivity index (χ0) is 9.68. The third kappa shape index (κ3) is 3.20. The molecule has 0 unspecified atom stereocenters. The Morgan fingerprint density at radius 3 is 2.46 bits per heavy atom. The van der Waals surface area contributed by atoms with Gasteiger partial charge in [-0.25, -0.2) is 4.79 Å². The molecule has 76 valence electrons. The number of hydrogen-bond donors (Lipinski definition) is 0. The highest BCUT2D eigenvalue weighted by atomic mass is 16.7. The molecule has 0 aromatic heterocycles. The predicted molar refractivity (Wildman–Crippen MR) is 47.4 cm³/mol. The van der Waals surface area contributed by atoms with Gasteiger partial charge in [0.2, 0.25) is 0 Å². The van der Waals surface area contributed by atoms with Crippen molar-refractivity contribution in [3.8, 4) is 0 Å². The number of likely N-dealkylation sites (N-methyl/N-ethyl adjacent to an activating group) is 1. The molecule has 1 fully saturated rings. The maximum atomic E-state index is 11.3. The van der Waals surface area contributed by atoms with Crippen molar-refractivity contribution in [3.63, 3.8) is 0 Å². The normalized spacial score (nSPS) is 18.8. The van der Waals surface area contributed by atoms with Crippen LogP contribution in [0.2, 0.25) is 0 Å². The summed E-state index contributed by atoms with van der Waals surface area (Å²) in [5.74, 6) is 0. The molecule has 0 N–H and O–H groups in total. The van der Waals surface area contributed by atoms with Crippen LogP contribution in [0.15, 0.2) is 0 Å². The van der Waals surface area contributed by atoms with Crippen LogP contribution in [-0.2, 0) is 9.47 Å². The molecule has 0 bridgehead atoms. The van der Waals surface area contributed by atoms with Crippen LogP contribution in [0, 0.1) is 0 Å². The lowest BCUT2D eigenvalue weighted by molar-refractivity contribution is -0.00912. The van der Waals surface area contributed by atoms with Crippen molar-refractivity contribution in [3.05, 3.63) is 0 Å². The van der Waals surface area contributed by atoms with Gasteiger partial charge in [-0.3, -0.25) is 0 Å². The third-order valence-electron chi connectivity index (χ3n) is 2.06. The van der Waals surface area contributed by atoms with Gasteiger partial charge in [-0.2, -0.15) is 0 Å². The highest BCUT2D eigenvalue weighted by molar-refractivity contribution is 5.67. The number of piperazine rings is 1. The fourth-order valence-electron chi connectivity index (χ4n) is 1.19. The van der Waals surface area contributed by atoms with Gasteiger partial charge < -0.3 is 19.3 Å². The highest BCUT2D eigenvalue weighted by Crippen LogP contribution is 2.01. The van der Waals surface area contributed by atoms with Crippen molar-refractivity contribution in [2.75, 3.05) is 47.1 Å². The highest BCUT2D eigenvalue weighted by Gasteiger charge is 2.19.